The van der Waals surface area contributed by atoms with Gasteiger partial charge in [-0.2, -0.15) is 0 Å². The molecule has 2 rings (SSSR count). The summed E-state index contributed by atoms with van der Waals surface area (Å²) in [6, 6.07) is 10.0. The maximum absolute atomic E-state index is 12.2. The summed E-state index contributed by atoms with van der Waals surface area (Å²) in [6.45, 7) is 1.87. The van der Waals surface area contributed by atoms with Gasteiger partial charge in [-0.3, -0.25) is 14.9 Å². The maximum atomic E-state index is 12.2. The third-order valence-electron chi connectivity index (χ3n) is 3.44. The van der Waals surface area contributed by atoms with Crippen LogP contribution in [-0.2, 0) is 11.2 Å². The zero-order chi connectivity index (χ0) is 15.4. The van der Waals surface area contributed by atoms with Gasteiger partial charge in [0, 0.05) is 24.1 Å². The van der Waals surface area contributed by atoms with E-state index < -0.39 is 4.92 Å². The number of carbonyl (C=O) groups is 1. The average Bonchev–Trinajstić information content (AvgIpc) is 2.98. The van der Waals surface area contributed by atoms with Crippen LogP contribution in [0.2, 0.25) is 0 Å². The highest BCUT2D eigenvalue weighted by Gasteiger charge is 2.19. The second kappa shape index (κ2) is 6.49. The van der Waals surface area contributed by atoms with Crippen LogP contribution >= 0.6 is 11.3 Å². The zero-order valence-electron chi connectivity index (χ0n) is 11.9. The van der Waals surface area contributed by atoms with Crippen molar-refractivity contribution in [3.8, 4) is 0 Å². The van der Waals surface area contributed by atoms with E-state index in [0.29, 0.717) is 6.42 Å². The fourth-order valence-corrected chi connectivity index (χ4v) is 2.72. The summed E-state index contributed by atoms with van der Waals surface area (Å²) in [5, 5.41) is 12.8. The summed E-state index contributed by atoms with van der Waals surface area (Å²) in [5.41, 5.74) is 0.796. The molecule has 1 amide bonds. The lowest BCUT2D eigenvalue weighted by Crippen LogP contribution is -2.30. The van der Waals surface area contributed by atoms with Crippen molar-refractivity contribution in [2.24, 2.45) is 0 Å². The molecule has 0 N–H and O–H groups in total. The summed E-state index contributed by atoms with van der Waals surface area (Å²) in [5.74, 6) is -0.00328. The number of nitro groups is 1. The number of carbonyl (C=O) groups excluding carboxylic acids is 1. The molecule has 1 heterocycles. The molecule has 0 saturated heterocycles. The van der Waals surface area contributed by atoms with Gasteiger partial charge in [0.25, 0.3) is 5.69 Å². The second-order valence-electron chi connectivity index (χ2n) is 4.79. The van der Waals surface area contributed by atoms with E-state index in [9.17, 15) is 14.9 Å². The van der Waals surface area contributed by atoms with Gasteiger partial charge in [0.15, 0.2) is 0 Å². The van der Waals surface area contributed by atoms with E-state index in [1.165, 1.54) is 12.1 Å². The Morgan fingerprint density at radius 2 is 2.14 bits per heavy atom. The molecule has 0 aliphatic heterocycles. The number of non-ortho nitro benzene ring substituents is 1. The highest BCUT2D eigenvalue weighted by Crippen LogP contribution is 2.24. The number of likely N-dealkylation sites (N-methyl/N-ethyl adjacent to an activating group) is 1. The lowest BCUT2D eigenvalue weighted by molar-refractivity contribution is -0.384. The molecule has 2 aromatic rings. The van der Waals surface area contributed by atoms with Crippen LogP contribution in [-0.4, -0.2) is 22.8 Å². The van der Waals surface area contributed by atoms with Crippen LogP contribution in [0, 0.1) is 10.1 Å². The minimum atomic E-state index is -0.427. The van der Waals surface area contributed by atoms with Gasteiger partial charge < -0.3 is 4.90 Å². The van der Waals surface area contributed by atoms with Gasteiger partial charge in [-0.1, -0.05) is 18.2 Å². The Labute approximate surface area is 127 Å². The molecule has 1 atom stereocenters. The van der Waals surface area contributed by atoms with Gasteiger partial charge >= 0.3 is 0 Å². The van der Waals surface area contributed by atoms with Crippen molar-refractivity contribution in [1.82, 2.24) is 4.90 Å². The first-order chi connectivity index (χ1) is 9.99. The molecule has 0 unspecified atom stereocenters. The van der Waals surface area contributed by atoms with E-state index in [-0.39, 0.29) is 17.6 Å². The summed E-state index contributed by atoms with van der Waals surface area (Å²) in [6.07, 6.45) is 0.355. The Bertz CT molecular complexity index is 640. The van der Waals surface area contributed by atoms with Gasteiger partial charge in [0.2, 0.25) is 5.91 Å². The predicted molar refractivity (Wildman–Crippen MR) is 82.3 cm³/mol. The van der Waals surface area contributed by atoms with Crippen LogP contribution < -0.4 is 0 Å². The lowest BCUT2D eigenvalue weighted by atomic mass is 10.1. The average molecular weight is 304 g/mol. The van der Waals surface area contributed by atoms with E-state index in [1.807, 2.05) is 24.4 Å². The van der Waals surface area contributed by atoms with Crippen LogP contribution in [0.4, 0.5) is 5.69 Å². The van der Waals surface area contributed by atoms with Crippen molar-refractivity contribution in [2.45, 2.75) is 19.4 Å². The van der Waals surface area contributed by atoms with Crippen molar-refractivity contribution in [1.29, 1.82) is 0 Å². The van der Waals surface area contributed by atoms with Crippen LogP contribution in [0.25, 0.3) is 0 Å². The third kappa shape index (κ3) is 3.66. The van der Waals surface area contributed by atoms with Crippen LogP contribution in [0.15, 0.2) is 41.8 Å². The Hall–Kier alpha value is -2.21. The summed E-state index contributed by atoms with van der Waals surface area (Å²) in [4.78, 5) is 25.3. The quantitative estimate of drug-likeness (QED) is 0.628. The monoisotopic (exact) mass is 304 g/mol. The Morgan fingerprint density at radius 3 is 2.76 bits per heavy atom. The number of amides is 1. The fraction of sp³-hybridized carbons (Fsp3) is 0.267. The molecule has 0 saturated carbocycles. The largest absolute Gasteiger partial charge is 0.339 e. The molecule has 0 aliphatic rings. The number of hydrogen-bond acceptors (Lipinski definition) is 4. The predicted octanol–water partition coefficient (Wildman–Crippen LogP) is 3.42. The molecule has 0 fully saturated rings. The van der Waals surface area contributed by atoms with Gasteiger partial charge in [0.05, 0.1) is 17.4 Å². The molecule has 0 radical (unpaired) electrons. The van der Waals surface area contributed by atoms with Gasteiger partial charge in [-0.15, -0.1) is 11.3 Å². The van der Waals surface area contributed by atoms with E-state index in [2.05, 4.69) is 0 Å². The molecular formula is C15H16N2O3S. The molecule has 1 aromatic carbocycles. The van der Waals surface area contributed by atoms with Crippen LogP contribution in [0.1, 0.15) is 23.4 Å². The second-order valence-corrected chi connectivity index (χ2v) is 5.82. The molecule has 5 nitrogen and oxygen atoms in total. The standard InChI is InChI=1S/C15H16N2O3S/c1-11(12-5-3-6-13(9-12)17(19)20)16(2)15(18)10-14-7-4-8-21-14/h3-9,11H,10H2,1-2H3/t11-/m0/s1. The van der Waals surface area contributed by atoms with Gasteiger partial charge in [-0.25, -0.2) is 0 Å². The van der Waals surface area contributed by atoms with Crippen molar-refractivity contribution >= 4 is 22.9 Å². The van der Waals surface area contributed by atoms with E-state index in [0.717, 1.165) is 10.4 Å². The molecule has 0 spiro atoms. The first-order valence-corrected chi connectivity index (χ1v) is 7.39. The normalized spacial score (nSPS) is 11.9. The highest BCUT2D eigenvalue weighted by molar-refractivity contribution is 7.10. The first kappa shape index (κ1) is 15.2. The minimum absolute atomic E-state index is 0.00328. The molecule has 110 valence electrons. The first-order valence-electron chi connectivity index (χ1n) is 6.51. The maximum Gasteiger partial charge on any atom is 0.269 e. The van der Waals surface area contributed by atoms with Gasteiger partial charge in [-0.05, 0) is 23.9 Å². The Balaban J connectivity index is 2.11. The Kier molecular flexibility index (Phi) is 4.70. The summed E-state index contributed by atoms with van der Waals surface area (Å²) >= 11 is 1.55. The van der Waals surface area contributed by atoms with E-state index in [1.54, 1.807) is 35.4 Å². The SMILES string of the molecule is C[C@@H](c1cccc([N+](=O)[O-])c1)N(C)C(=O)Cc1cccs1. The van der Waals surface area contributed by atoms with Crippen molar-refractivity contribution in [3.05, 3.63) is 62.3 Å². The zero-order valence-corrected chi connectivity index (χ0v) is 12.7. The Morgan fingerprint density at radius 1 is 1.38 bits per heavy atom. The van der Waals surface area contributed by atoms with Crippen molar-refractivity contribution in [2.75, 3.05) is 7.05 Å². The number of nitrogens with zero attached hydrogens (tertiary/aromatic N) is 2. The molecule has 0 bridgehead atoms. The third-order valence-corrected chi connectivity index (χ3v) is 4.32. The molecule has 6 heteroatoms. The van der Waals surface area contributed by atoms with Crippen molar-refractivity contribution in [3.63, 3.8) is 0 Å². The smallest absolute Gasteiger partial charge is 0.269 e. The lowest BCUT2D eigenvalue weighted by Gasteiger charge is -2.25. The topological polar surface area (TPSA) is 63.5 Å². The number of rotatable bonds is 5. The molecular weight excluding hydrogens is 288 g/mol. The summed E-state index contributed by atoms with van der Waals surface area (Å²) < 4.78 is 0. The summed E-state index contributed by atoms with van der Waals surface area (Å²) in [7, 11) is 1.72. The van der Waals surface area contributed by atoms with E-state index >= 15 is 0 Å². The molecule has 21 heavy (non-hydrogen) atoms. The van der Waals surface area contributed by atoms with E-state index in [4.69, 9.17) is 0 Å². The molecule has 0 aliphatic carbocycles. The van der Waals surface area contributed by atoms with Gasteiger partial charge in [0.1, 0.15) is 0 Å². The van der Waals surface area contributed by atoms with Crippen LogP contribution in [0.3, 0.4) is 0 Å². The molecule has 1 aromatic heterocycles. The van der Waals surface area contributed by atoms with Crippen molar-refractivity contribution < 1.29 is 9.72 Å². The number of thiophene rings is 1. The minimum Gasteiger partial charge on any atom is -0.339 e. The number of hydrogen-bond donors (Lipinski definition) is 0. The number of nitro benzene ring substituents is 1. The fourth-order valence-electron chi connectivity index (χ4n) is 2.02. The van der Waals surface area contributed by atoms with Crippen LogP contribution in [0.5, 0.6) is 0 Å². The highest BCUT2D eigenvalue weighted by atomic mass is 32.1. The number of benzene rings is 1.